The largest absolute Gasteiger partial charge is 0.477 e. The number of non-ortho nitro benzene ring substituents is 1. The third-order valence-electron chi connectivity index (χ3n) is 3.49. The van der Waals surface area contributed by atoms with Crippen LogP contribution in [0.5, 0.6) is 0 Å². The van der Waals surface area contributed by atoms with Crippen molar-refractivity contribution in [3.63, 3.8) is 0 Å². The minimum atomic E-state index is -1.17. The van der Waals surface area contributed by atoms with Crippen molar-refractivity contribution in [2.24, 2.45) is 0 Å². The molecule has 0 radical (unpaired) electrons. The van der Waals surface area contributed by atoms with E-state index in [2.05, 4.69) is 26.1 Å². The summed E-state index contributed by atoms with van der Waals surface area (Å²) >= 11 is 4.10. The molecule has 9 nitrogen and oxygen atoms in total. The lowest BCUT2D eigenvalue weighted by Crippen LogP contribution is -1.96. The number of aromatic nitrogens is 2. The maximum Gasteiger partial charge on any atom is 0.342 e. The molecule has 0 atom stereocenters. The molecule has 0 aliphatic carbocycles. The average molecular weight is 466 g/mol. The molecule has 2 heterocycles. The van der Waals surface area contributed by atoms with Gasteiger partial charge in [-0.15, -0.1) is 10.2 Å². The Morgan fingerprint density at radius 2 is 2.11 bits per heavy atom. The van der Waals surface area contributed by atoms with E-state index in [-0.39, 0.29) is 15.8 Å². The third kappa shape index (κ3) is 4.49. The summed E-state index contributed by atoms with van der Waals surface area (Å²) in [5.41, 5.74) is 0.539. The van der Waals surface area contributed by atoms with Crippen LogP contribution < -0.4 is 0 Å². The van der Waals surface area contributed by atoms with Crippen molar-refractivity contribution in [2.45, 2.75) is 18.6 Å². The second-order valence-corrected chi connectivity index (χ2v) is 7.20. The molecule has 144 valence electrons. The van der Waals surface area contributed by atoms with E-state index in [9.17, 15) is 20.0 Å². The van der Waals surface area contributed by atoms with Gasteiger partial charge in [-0.2, -0.15) is 0 Å². The highest BCUT2D eigenvalue weighted by Crippen LogP contribution is 2.34. The number of benzene rings is 1. The van der Waals surface area contributed by atoms with Crippen molar-refractivity contribution in [3.05, 3.63) is 61.5 Å². The van der Waals surface area contributed by atoms with E-state index in [0.717, 1.165) is 11.8 Å². The minimum absolute atomic E-state index is 0.0575. The Morgan fingerprint density at radius 3 is 2.71 bits per heavy atom. The highest BCUT2D eigenvalue weighted by atomic mass is 79.9. The van der Waals surface area contributed by atoms with Crippen molar-refractivity contribution in [2.75, 3.05) is 0 Å². The first-order chi connectivity index (χ1) is 13.4. The zero-order valence-electron chi connectivity index (χ0n) is 14.3. The second kappa shape index (κ2) is 8.40. The minimum Gasteiger partial charge on any atom is -0.477 e. The summed E-state index contributed by atoms with van der Waals surface area (Å²) in [6, 6.07) is 7.51. The molecule has 0 saturated heterocycles. The van der Waals surface area contributed by atoms with Crippen LogP contribution >= 0.6 is 27.7 Å². The van der Waals surface area contributed by atoms with Gasteiger partial charge in [-0.1, -0.05) is 6.92 Å². The van der Waals surface area contributed by atoms with Crippen LogP contribution in [0.2, 0.25) is 0 Å². The number of furan rings is 1. The third-order valence-corrected chi connectivity index (χ3v) is 5.00. The summed E-state index contributed by atoms with van der Waals surface area (Å²) in [6.45, 7) is 1.84. The maximum atomic E-state index is 11.5. The number of carboxylic acid groups (broad SMARTS) is 1. The lowest BCUT2D eigenvalue weighted by Gasteiger charge is -2.01. The number of nitro benzene ring substituents is 1. The zero-order valence-corrected chi connectivity index (χ0v) is 16.7. The van der Waals surface area contributed by atoms with Crippen LogP contribution in [0.4, 0.5) is 5.69 Å². The number of carbonyl (C=O) groups is 1. The molecule has 0 fully saturated rings. The molecule has 2 aromatic heterocycles. The quantitative estimate of drug-likeness (QED) is 0.226. The molecular weight excluding hydrogens is 454 g/mol. The van der Waals surface area contributed by atoms with Crippen molar-refractivity contribution in [1.82, 2.24) is 10.2 Å². The molecule has 3 rings (SSSR count). The van der Waals surface area contributed by atoms with Gasteiger partial charge in [0.05, 0.1) is 4.92 Å². The van der Waals surface area contributed by atoms with Crippen LogP contribution in [0.3, 0.4) is 0 Å². The normalized spacial score (nSPS) is 11.6. The van der Waals surface area contributed by atoms with Crippen molar-refractivity contribution in [1.29, 1.82) is 0 Å². The zero-order chi connectivity index (χ0) is 20.3. The molecule has 0 aliphatic rings. The Bertz CT molecular complexity index is 1070. The fourth-order valence-corrected chi connectivity index (χ4v) is 3.41. The van der Waals surface area contributed by atoms with Crippen molar-refractivity contribution in [3.8, 4) is 11.3 Å². The smallest absolute Gasteiger partial charge is 0.342 e. The van der Waals surface area contributed by atoms with E-state index in [0.29, 0.717) is 33.9 Å². The molecule has 0 aliphatic heterocycles. The van der Waals surface area contributed by atoms with E-state index >= 15 is 0 Å². The van der Waals surface area contributed by atoms with Crippen LogP contribution in [-0.2, 0) is 11.2 Å². The SMILES string of the molecule is CCc1nnc(S/C(=C\c2ccc(-c3ccc([N+](=O)[O-])cc3Br)o2)C(=O)O)o1. The molecule has 0 amide bonds. The molecule has 1 N–H and O–H groups in total. The number of aliphatic carboxylic acids is 1. The first-order valence-electron chi connectivity index (χ1n) is 7.86. The molecule has 1 aromatic carbocycles. The van der Waals surface area contributed by atoms with Gasteiger partial charge in [0, 0.05) is 34.7 Å². The monoisotopic (exact) mass is 465 g/mol. The number of carboxylic acids is 1. The van der Waals surface area contributed by atoms with Gasteiger partial charge in [-0.25, -0.2) is 4.79 Å². The van der Waals surface area contributed by atoms with Gasteiger partial charge in [0.1, 0.15) is 16.4 Å². The van der Waals surface area contributed by atoms with Gasteiger partial charge in [0.25, 0.3) is 10.9 Å². The lowest BCUT2D eigenvalue weighted by molar-refractivity contribution is -0.384. The average Bonchev–Trinajstić information content (AvgIpc) is 3.30. The Hall–Kier alpha value is -2.92. The Balaban J connectivity index is 1.86. The summed E-state index contributed by atoms with van der Waals surface area (Å²) in [5, 5.41) is 28.0. The second-order valence-electron chi connectivity index (χ2n) is 5.35. The highest BCUT2D eigenvalue weighted by Gasteiger charge is 2.17. The summed E-state index contributed by atoms with van der Waals surface area (Å²) in [5.74, 6) is -0.0412. The van der Waals surface area contributed by atoms with E-state index in [1.165, 1.54) is 18.2 Å². The van der Waals surface area contributed by atoms with E-state index < -0.39 is 10.9 Å². The number of aryl methyl sites for hydroxylation is 1. The van der Waals surface area contributed by atoms with E-state index in [1.807, 2.05) is 6.92 Å². The van der Waals surface area contributed by atoms with Gasteiger partial charge >= 0.3 is 5.97 Å². The van der Waals surface area contributed by atoms with Gasteiger partial charge in [-0.05, 0) is 45.9 Å². The van der Waals surface area contributed by atoms with Gasteiger partial charge in [0.15, 0.2) is 0 Å². The van der Waals surface area contributed by atoms with E-state index in [1.54, 1.807) is 18.2 Å². The molecular formula is C17H12BrN3O6S. The predicted octanol–water partition coefficient (Wildman–Crippen LogP) is 4.78. The topological polar surface area (TPSA) is 132 Å². The highest BCUT2D eigenvalue weighted by molar-refractivity contribution is 9.10. The van der Waals surface area contributed by atoms with Gasteiger partial charge in [-0.3, -0.25) is 10.1 Å². The number of thioether (sulfide) groups is 1. The van der Waals surface area contributed by atoms with E-state index in [4.69, 9.17) is 8.83 Å². The molecule has 0 spiro atoms. The fraction of sp³-hybridized carbons (Fsp3) is 0.118. The van der Waals surface area contributed by atoms with Crippen LogP contribution in [0.25, 0.3) is 17.4 Å². The molecule has 0 bridgehead atoms. The first kappa shape index (κ1) is 19.8. The molecule has 0 saturated carbocycles. The molecule has 11 heteroatoms. The first-order valence-corrected chi connectivity index (χ1v) is 9.47. The number of hydrogen-bond donors (Lipinski definition) is 1. The number of nitro groups is 1. The lowest BCUT2D eigenvalue weighted by atomic mass is 10.1. The summed E-state index contributed by atoms with van der Waals surface area (Å²) < 4.78 is 11.5. The van der Waals surface area contributed by atoms with Crippen LogP contribution in [0.15, 0.2) is 53.8 Å². The van der Waals surface area contributed by atoms with Gasteiger partial charge < -0.3 is 13.9 Å². The summed E-state index contributed by atoms with van der Waals surface area (Å²) in [4.78, 5) is 21.8. The molecule has 3 aromatic rings. The van der Waals surface area contributed by atoms with Crippen LogP contribution in [0, 0.1) is 10.1 Å². The predicted molar refractivity (Wildman–Crippen MR) is 104 cm³/mol. The van der Waals surface area contributed by atoms with Crippen LogP contribution in [0.1, 0.15) is 18.6 Å². The number of halogens is 1. The number of rotatable bonds is 7. The molecule has 0 unspecified atom stereocenters. The van der Waals surface area contributed by atoms with Crippen LogP contribution in [-0.4, -0.2) is 26.2 Å². The summed E-state index contributed by atoms with van der Waals surface area (Å²) in [6.07, 6.45) is 1.89. The summed E-state index contributed by atoms with van der Waals surface area (Å²) in [7, 11) is 0. The number of hydrogen-bond acceptors (Lipinski definition) is 8. The Kier molecular flexibility index (Phi) is 5.95. The van der Waals surface area contributed by atoms with Crippen molar-refractivity contribution >= 4 is 45.4 Å². The van der Waals surface area contributed by atoms with Crippen molar-refractivity contribution < 1.29 is 23.7 Å². The number of nitrogens with zero attached hydrogens (tertiary/aromatic N) is 3. The maximum absolute atomic E-state index is 11.5. The Morgan fingerprint density at radius 1 is 1.32 bits per heavy atom. The standard InChI is InChI=1S/C17H12BrN3O6S/c1-2-15-19-20-17(27-15)28-14(16(22)23)8-10-4-6-13(26-10)11-5-3-9(21(24)25)7-12(11)18/h3-8H,2H2,1H3,(H,22,23)/b14-8-. The Labute approximate surface area is 170 Å². The molecule has 28 heavy (non-hydrogen) atoms. The fourth-order valence-electron chi connectivity index (χ4n) is 2.17. The van der Waals surface area contributed by atoms with Gasteiger partial charge in [0.2, 0.25) is 5.89 Å².